The molecular weight excluding hydrogens is 448 g/mol. The van der Waals surface area contributed by atoms with Gasteiger partial charge in [0.05, 0.1) is 24.7 Å². The molecule has 5 rings (SSSR count). The van der Waals surface area contributed by atoms with Gasteiger partial charge in [0.1, 0.15) is 0 Å². The fourth-order valence-corrected chi connectivity index (χ4v) is 4.48. The summed E-state index contributed by atoms with van der Waals surface area (Å²) in [5, 5.41) is 14.5. The van der Waals surface area contributed by atoms with E-state index in [-0.39, 0.29) is 0 Å². The van der Waals surface area contributed by atoms with Crippen molar-refractivity contribution >= 4 is 29.3 Å². The van der Waals surface area contributed by atoms with Crippen molar-refractivity contribution in [3.8, 4) is 17.1 Å². The molecule has 3 heterocycles. The van der Waals surface area contributed by atoms with Crippen LogP contribution in [0, 0.1) is 6.92 Å². The van der Waals surface area contributed by atoms with Crippen molar-refractivity contribution in [2.75, 3.05) is 31.2 Å². The van der Waals surface area contributed by atoms with E-state index in [2.05, 4.69) is 54.9 Å². The van der Waals surface area contributed by atoms with Crippen LogP contribution in [-0.2, 0) is 10.5 Å². The SMILES string of the molecule is Cc1cccc(-n2c(SCc3nc(-c4cccc(Cl)c4)no3)nnc2N2CCOCC2)c1. The molecule has 8 nitrogen and oxygen atoms in total. The number of morpholine rings is 1. The number of nitrogens with zero attached hydrogens (tertiary/aromatic N) is 6. The third kappa shape index (κ3) is 4.50. The van der Waals surface area contributed by atoms with Gasteiger partial charge in [-0.1, -0.05) is 52.8 Å². The highest BCUT2D eigenvalue weighted by atomic mass is 35.5. The predicted molar refractivity (Wildman–Crippen MR) is 123 cm³/mol. The van der Waals surface area contributed by atoms with E-state index in [4.69, 9.17) is 20.9 Å². The Hall–Kier alpha value is -2.88. The molecule has 0 unspecified atom stereocenters. The van der Waals surface area contributed by atoms with Gasteiger partial charge in [-0.25, -0.2) is 0 Å². The Kier molecular flexibility index (Phi) is 6.11. The first-order valence-corrected chi connectivity index (χ1v) is 11.6. The summed E-state index contributed by atoms with van der Waals surface area (Å²) in [4.78, 5) is 6.71. The molecule has 0 amide bonds. The highest BCUT2D eigenvalue weighted by Gasteiger charge is 2.22. The maximum absolute atomic E-state index is 6.08. The summed E-state index contributed by atoms with van der Waals surface area (Å²) in [5.41, 5.74) is 3.00. The van der Waals surface area contributed by atoms with Crippen molar-refractivity contribution in [3.63, 3.8) is 0 Å². The number of benzene rings is 2. The number of anilines is 1. The van der Waals surface area contributed by atoms with Crippen LogP contribution in [0.4, 0.5) is 5.95 Å². The Morgan fingerprint density at radius 1 is 1.06 bits per heavy atom. The van der Waals surface area contributed by atoms with Gasteiger partial charge in [0.2, 0.25) is 17.7 Å². The number of thioether (sulfide) groups is 1. The van der Waals surface area contributed by atoms with Gasteiger partial charge < -0.3 is 14.2 Å². The molecule has 4 aromatic rings. The number of hydrogen-bond donors (Lipinski definition) is 0. The number of aryl methyl sites for hydroxylation is 1. The molecule has 0 spiro atoms. The van der Waals surface area contributed by atoms with Crippen LogP contribution in [0.15, 0.2) is 58.2 Å². The fraction of sp³-hybridized carbons (Fsp3) is 0.273. The van der Waals surface area contributed by atoms with Gasteiger partial charge in [0.25, 0.3) is 0 Å². The second-order valence-corrected chi connectivity index (χ2v) is 8.75. The zero-order valence-corrected chi connectivity index (χ0v) is 19.0. The molecule has 1 aliphatic heterocycles. The maximum atomic E-state index is 6.08. The minimum absolute atomic E-state index is 0.473. The minimum atomic E-state index is 0.473. The van der Waals surface area contributed by atoms with Crippen molar-refractivity contribution in [1.82, 2.24) is 24.9 Å². The third-order valence-corrected chi connectivity index (χ3v) is 6.19. The van der Waals surface area contributed by atoms with E-state index in [0.29, 0.717) is 35.7 Å². The lowest BCUT2D eigenvalue weighted by molar-refractivity contribution is 0.122. The third-order valence-electron chi connectivity index (χ3n) is 5.05. The number of halogens is 1. The lowest BCUT2D eigenvalue weighted by Crippen LogP contribution is -2.37. The second kappa shape index (κ2) is 9.32. The van der Waals surface area contributed by atoms with Crippen LogP contribution >= 0.6 is 23.4 Å². The van der Waals surface area contributed by atoms with E-state index in [1.807, 2.05) is 30.3 Å². The van der Waals surface area contributed by atoms with Gasteiger partial charge in [0, 0.05) is 23.7 Å². The van der Waals surface area contributed by atoms with E-state index in [1.165, 1.54) is 17.3 Å². The second-order valence-electron chi connectivity index (χ2n) is 7.37. The summed E-state index contributed by atoms with van der Waals surface area (Å²) in [6, 6.07) is 15.7. The molecular formula is C22H21ClN6O2S. The average molecular weight is 469 g/mol. The van der Waals surface area contributed by atoms with Gasteiger partial charge in [-0.2, -0.15) is 4.98 Å². The van der Waals surface area contributed by atoms with Crippen LogP contribution in [0.1, 0.15) is 11.5 Å². The number of aromatic nitrogens is 5. The lowest BCUT2D eigenvalue weighted by Gasteiger charge is -2.28. The molecule has 32 heavy (non-hydrogen) atoms. The molecule has 2 aromatic heterocycles. The summed E-state index contributed by atoms with van der Waals surface area (Å²) in [6.45, 7) is 4.99. The number of hydrogen-bond acceptors (Lipinski definition) is 8. The monoisotopic (exact) mass is 468 g/mol. The Morgan fingerprint density at radius 2 is 1.91 bits per heavy atom. The smallest absolute Gasteiger partial charge is 0.237 e. The van der Waals surface area contributed by atoms with Gasteiger partial charge in [0.15, 0.2) is 5.16 Å². The first-order valence-electron chi connectivity index (χ1n) is 10.2. The van der Waals surface area contributed by atoms with Crippen LogP contribution in [0.5, 0.6) is 0 Å². The molecule has 10 heteroatoms. The maximum Gasteiger partial charge on any atom is 0.237 e. The molecule has 0 saturated carbocycles. The van der Waals surface area contributed by atoms with Gasteiger partial charge in [-0.05, 0) is 36.8 Å². The van der Waals surface area contributed by atoms with Crippen molar-refractivity contribution in [2.45, 2.75) is 17.8 Å². The van der Waals surface area contributed by atoms with Crippen LogP contribution in [0.2, 0.25) is 5.02 Å². The van der Waals surface area contributed by atoms with Gasteiger partial charge in [-0.15, -0.1) is 10.2 Å². The molecule has 1 aliphatic rings. The first kappa shape index (κ1) is 21.0. The van der Waals surface area contributed by atoms with E-state index in [1.54, 1.807) is 0 Å². The summed E-state index contributed by atoms with van der Waals surface area (Å²) in [5.74, 6) is 2.31. The first-order chi connectivity index (χ1) is 15.7. The Bertz CT molecular complexity index is 1220. The summed E-state index contributed by atoms with van der Waals surface area (Å²) >= 11 is 7.58. The van der Waals surface area contributed by atoms with Crippen molar-refractivity contribution in [3.05, 3.63) is 65.0 Å². The molecule has 1 saturated heterocycles. The van der Waals surface area contributed by atoms with Crippen LogP contribution in [-0.4, -0.2) is 51.2 Å². The van der Waals surface area contributed by atoms with Gasteiger partial charge >= 0.3 is 0 Å². The van der Waals surface area contributed by atoms with E-state index >= 15 is 0 Å². The van der Waals surface area contributed by atoms with Crippen LogP contribution < -0.4 is 4.90 Å². The number of rotatable bonds is 6. The molecule has 2 aromatic carbocycles. The number of ether oxygens (including phenoxy) is 1. The molecule has 0 radical (unpaired) electrons. The van der Waals surface area contributed by atoms with E-state index in [9.17, 15) is 0 Å². The standard InChI is InChI=1S/C22H21ClN6O2S/c1-15-4-2-7-18(12-15)29-21(28-8-10-30-11-9-28)25-26-22(29)32-14-19-24-20(27-31-19)16-5-3-6-17(23)13-16/h2-7,12-13H,8-11,14H2,1H3. The summed E-state index contributed by atoms with van der Waals surface area (Å²) < 4.78 is 13.0. The van der Waals surface area contributed by atoms with Crippen LogP contribution in [0.25, 0.3) is 17.1 Å². The van der Waals surface area contributed by atoms with E-state index < -0.39 is 0 Å². The van der Waals surface area contributed by atoms with Crippen molar-refractivity contribution < 1.29 is 9.26 Å². The minimum Gasteiger partial charge on any atom is -0.378 e. The Morgan fingerprint density at radius 3 is 2.72 bits per heavy atom. The summed E-state index contributed by atoms with van der Waals surface area (Å²) in [6.07, 6.45) is 0. The zero-order chi connectivity index (χ0) is 21.9. The molecule has 0 atom stereocenters. The average Bonchev–Trinajstić information content (AvgIpc) is 3.46. The lowest BCUT2D eigenvalue weighted by atomic mass is 10.2. The van der Waals surface area contributed by atoms with Crippen LogP contribution in [0.3, 0.4) is 0 Å². The highest BCUT2D eigenvalue weighted by molar-refractivity contribution is 7.98. The van der Waals surface area contributed by atoms with Gasteiger partial charge in [-0.3, -0.25) is 4.57 Å². The quantitative estimate of drug-likeness (QED) is 0.385. The van der Waals surface area contributed by atoms with E-state index in [0.717, 1.165) is 35.4 Å². The highest BCUT2D eigenvalue weighted by Crippen LogP contribution is 2.30. The summed E-state index contributed by atoms with van der Waals surface area (Å²) in [7, 11) is 0. The molecule has 164 valence electrons. The largest absolute Gasteiger partial charge is 0.378 e. The zero-order valence-electron chi connectivity index (χ0n) is 17.4. The fourth-order valence-electron chi connectivity index (χ4n) is 3.50. The van der Waals surface area contributed by atoms with Crippen molar-refractivity contribution in [2.24, 2.45) is 0 Å². The Balaban J connectivity index is 1.41. The van der Waals surface area contributed by atoms with Crippen molar-refractivity contribution in [1.29, 1.82) is 0 Å². The molecule has 0 aliphatic carbocycles. The molecule has 0 bridgehead atoms. The normalized spacial score (nSPS) is 14.1. The Labute approximate surface area is 194 Å². The molecule has 1 fully saturated rings. The molecule has 0 N–H and O–H groups in total. The topological polar surface area (TPSA) is 82.1 Å². The predicted octanol–water partition coefficient (Wildman–Crippen LogP) is 4.41.